The minimum atomic E-state index is 0.000979. The second kappa shape index (κ2) is 5.32. The lowest BCUT2D eigenvalue weighted by molar-refractivity contribution is 0.0770. The van der Waals surface area contributed by atoms with Crippen LogP contribution in [0.25, 0.3) is 0 Å². The van der Waals surface area contributed by atoms with E-state index in [0.717, 1.165) is 12.1 Å². The largest absolute Gasteiger partial charge is 0.472 e. The maximum Gasteiger partial charge on any atom is 0.257 e. The highest BCUT2D eigenvalue weighted by atomic mass is 16.5. The predicted octanol–water partition coefficient (Wildman–Crippen LogP) is 1.41. The molecule has 104 valence electrons. The molecule has 0 bridgehead atoms. The Bertz CT molecular complexity index is 596. The van der Waals surface area contributed by atoms with Gasteiger partial charge >= 0.3 is 0 Å². The first-order valence-electron chi connectivity index (χ1n) is 6.61. The zero-order valence-electron chi connectivity index (χ0n) is 11.2. The van der Waals surface area contributed by atoms with Gasteiger partial charge in [-0.1, -0.05) is 6.07 Å². The van der Waals surface area contributed by atoms with Gasteiger partial charge in [0.25, 0.3) is 5.91 Å². The molecule has 1 amide bonds. The summed E-state index contributed by atoms with van der Waals surface area (Å²) in [7, 11) is 0. The van der Waals surface area contributed by atoms with E-state index in [1.54, 1.807) is 17.3 Å². The predicted molar refractivity (Wildman–Crippen MR) is 72.5 cm³/mol. The van der Waals surface area contributed by atoms with E-state index in [9.17, 15) is 4.79 Å². The molecule has 2 aromatic rings. The first kappa shape index (κ1) is 12.7. The minimum absolute atomic E-state index is 0.000979. The van der Waals surface area contributed by atoms with Crippen molar-refractivity contribution in [3.8, 4) is 5.88 Å². The van der Waals surface area contributed by atoms with Crippen molar-refractivity contribution >= 4 is 5.91 Å². The molecule has 0 spiro atoms. The molecule has 1 unspecified atom stereocenters. The molecule has 1 aliphatic heterocycles. The van der Waals surface area contributed by atoms with Gasteiger partial charge in [0.2, 0.25) is 5.88 Å². The smallest absolute Gasteiger partial charge is 0.257 e. The van der Waals surface area contributed by atoms with Gasteiger partial charge in [0, 0.05) is 30.9 Å². The van der Waals surface area contributed by atoms with Crippen LogP contribution < -0.4 is 4.74 Å². The number of nitrogens with one attached hydrogen (secondary N) is 1. The Labute approximate surface area is 116 Å². The van der Waals surface area contributed by atoms with Crippen LogP contribution in [-0.4, -0.2) is 45.2 Å². The Kier molecular flexibility index (Phi) is 3.37. The maximum atomic E-state index is 12.3. The summed E-state index contributed by atoms with van der Waals surface area (Å²) in [6.07, 6.45) is 4.09. The highest BCUT2D eigenvalue weighted by molar-refractivity contribution is 5.95. The molecule has 0 aliphatic carbocycles. The molecule has 1 saturated heterocycles. The Morgan fingerprint density at radius 1 is 1.50 bits per heavy atom. The summed E-state index contributed by atoms with van der Waals surface area (Å²) in [5.74, 6) is 0.606. The van der Waals surface area contributed by atoms with Crippen LogP contribution in [0.3, 0.4) is 0 Å². The van der Waals surface area contributed by atoms with Crippen LogP contribution in [0.5, 0.6) is 5.88 Å². The number of pyridine rings is 1. The second-order valence-corrected chi connectivity index (χ2v) is 4.86. The van der Waals surface area contributed by atoms with Gasteiger partial charge in [-0.3, -0.25) is 9.89 Å². The monoisotopic (exact) mass is 272 g/mol. The van der Waals surface area contributed by atoms with E-state index in [0.29, 0.717) is 24.5 Å². The fourth-order valence-corrected chi connectivity index (χ4v) is 2.33. The molecule has 1 atom stereocenters. The van der Waals surface area contributed by atoms with E-state index in [1.165, 1.54) is 0 Å². The fraction of sp³-hybridized carbons (Fsp3) is 0.357. The van der Waals surface area contributed by atoms with Gasteiger partial charge < -0.3 is 9.64 Å². The van der Waals surface area contributed by atoms with Gasteiger partial charge in [-0.05, 0) is 13.0 Å². The van der Waals surface area contributed by atoms with Crippen LogP contribution in [0.1, 0.15) is 22.5 Å². The van der Waals surface area contributed by atoms with E-state index in [2.05, 4.69) is 15.2 Å². The molecule has 0 radical (unpaired) electrons. The van der Waals surface area contributed by atoms with Crippen LogP contribution >= 0.6 is 0 Å². The summed E-state index contributed by atoms with van der Waals surface area (Å²) in [6, 6.07) is 5.55. The number of nitrogens with zero attached hydrogens (tertiary/aromatic N) is 3. The van der Waals surface area contributed by atoms with E-state index in [4.69, 9.17) is 4.74 Å². The number of aromatic amines is 1. The number of carbonyl (C=O) groups is 1. The van der Waals surface area contributed by atoms with Crippen LogP contribution in [0.2, 0.25) is 0 Å². The Balaban J connectivity index is 1.62. The molecule has 1 N–H and O–H groups in total. The molecule has 6 heteroatoms. The molecule has 3 rings (SSSR count). The van der Waals surface area contributed by atoms with Gasteiger partial charge in [-0.15, -0.1) is 0 Å². The highest BCUT2D eigenvalue weighted by Crippen LogP contribution is 2.18. The molecule has 1 fully saturated rings. The molecule has 1 aliphatic rings. The summed E-state index contributed by atoms with van der Waals surface area (Å²) >= 11 is 0. The number of amides is 1. The van der Waals surface area contributed by atoms with Crippen LogP contribution in [0, 0.1) is 6.92 Å². The van der Waals surface area contributed by atoms with Gasteiger partial charge in [-0.2, -0.15) is 5.10 Å². The highest BCUT2D eigenvalue weighted by Gasteiger charge is 2.29. The third-order valence-corrected chi connectivity index (χ3v) is 3.42. The number of aryl methyl sites for hydroxylation is 1. The first-order chi connectivity index (χ1) is 9.74. The van der Waals surface area contributed by atoms with E-state index < -0.39 is 0 Å². The zero-order chi connectivity index (χ0) is 13.9. The lowest BCUT2D eigenvalue weighted by Crippen LogP contribution is -2.31. The van der Waals surface area contributed by atoms with E-state index >= 15 is 0 Å². The van der Waals surface area contributed by atoms with Crippen molar-refractivity contribution in [1.82, 2.24) is 20.1 Å². The van der Waals surface area contributed by atoms with Crippen molar-refractivity contribution in [2.45, 2.75) is 19.4 Å². The number of carbonyl (C=O) groups excluding carboxylic acids is 1. The number of likely N-dealkylation sites (tertiary alicyclic amines) is 1. The van der Waals surface area contributed by atoms with Crippen molar-refractivity contribution in [2.75, 3.05) is 13.1 Å². The third-order valence-electron chi connectivity index (χ3n) is 3.42. The van der Waals surface area contributed by atoms with Crippen molar-refractivity contribution in [3.05, 3.63) is 41.9 Å². The quantitative estimate of drug-likeness (QED) is 0.917. The van der Waals surface area contributed by atoms with E-state index in [1.807, 2.05) is 25.1 Å². The van der Waals surface area contributed by atoms with Gasteiger partial charge in [0.1, 0.15) is 6.10 Å². The third kappa shape index (κ3) is 2.49. The topological polar surface area (TPSA) is 71.1 Å². The van der Waals surface area contributed by atoms with Crippen molar-refractivity contribution in [3.63, 3.8) is 0 Å². The van der Waals surface area contributed by atoms with Crippen molar-refractivity contribution in [2.24, 2.45) is 0 Å². The molecule has 20 heavy (non-hydrogen) atoms. The molecular weight excluding hydrogens is 256 g/mol. The molecule has 0 saturated carbocycles. The summed E-state index contributed by atoms with van der Waals surface area (Å²) in [5, 5.41) is 6.67. The number of hydrogen-bond donors (Lipinski definition) is 1. The fourth-order valence-electron chi connectivity index (χ4n) is 2.33. The lowest BCUT2D eigenvalue weighted by Gasteiger charge is -2.16. The normalized spacial score (nSPS) is 18.2. The Hall–Kier alpha value is -2.37. The molecular formula is C14H16N4O2. The van der Waals surface area contributed by atoms with Gasteiger partial charge in [0.05, 0.1) is 18.3 Å². The standard InChI is InChI=1S/C14H16N4O2/c1-10-12(8-16-17-10)14(19)18-7-5-11(9-18)20-13-4-2-3-6-15-13/h2-4,6,8,11H,5,7,9H2,1H3,(H,16,17). The van der Waals surface area contributed by atoms with E-state index in [-0.39, 0.29) is 12.0 Å². The van der Waals surface area contributed by atoms with Crippen molar-refractivity contribution < 1.29 is 9.53 Å². The summed E-state index contributed by atoms with van der Waals surface area (Å²) < 4.78 is 5.77. The minimum Gasteiger partial charge on any atom is -0.472 e. The Morgan fingerprint density at radius 3 is 3.10 bits per heavy atom. The number of aromatic nitrogens is 3. The summed E-state index contributed by atoms with van der Waals surface area (Å²) in [5.41, 5.74) is 1.42. The number of ether oxygens (including phenoxy) is 1. The zero-order valence-corrected chi connectivity index (χ0v) is 11.2. The lowest BCUT2D eigenvalue weighted by atomic mass is 10.2. The van der Waals surface area contributed by atoms with Crippen LogP contribution in [-0.2, 0) is 0 Å². The Morgan fingerprint density at radius 2 is 2.40 bits per heavy atom. The molecule has 2 aromatic heterocycles. The molecule has 0 aromatic carbocycles. The average molecular weight is 272 g/mol. The summed E-state index contributed by atoms with van der Waals surface area (Å²) in [4.78, 5) is 18.3. The number of hydrogen-bond acceptors (Lipinski definition) is 4. The van der Waals surface area contributed by atoms with Gasteiger partial charge in [0.15, 0.2) is 0 Å². The average Bonchev–Trinajstić information content (AvgIpc) is 3.08. The number of H-pyrrole nitrogens is 1. The number of rotatable bonds is 3. The first-order valence-corrected chi connectivity index (χ1v) is 6.61. The van der Waals surface area contributed by atoms with Crippen LogP contribution in [0.15, 0.2) is 30.6 Å². The molecule has 3 heterocycles. The van der Waals surface area contributed by atoms with Crippen LogP contribution in [0.4, 0.5) is 0 Å². The maximum absolute atomic E-state index is 12.3. The SMILES string of the molecule is Cc1[nH]ncc1C(=O)N1CCC(Oc2ccccn2)C1. The van der Waals surface area contributed by atoms with Crippen molar-refractivity contribution in [1.29, 1.82) is 0 Å². The second-order valence-electron chi connectivity index (χ2n) is 4.86. The van der Waals surface area contributed by atoms with Gasteiger partial charge in [-0.25, -0.2) is 4.98 Å². The summed E-state index contributed by atoms with van der Waals surface area (Å²) in [6.45, 7) is 3.12. The molecule has 6 nitrogen and oxygen atoms in total.